The Morgan fingerprint density at radius 3 is 2.94 bits per heavy atom. The number of imidazole rings is 1. The first-order valence-electron chi connectivity index (χ1n) is 6.63. The highest BCUT2D eigenvalue weighted by Crippen LogP contribution is 2.21. The van der Waals surface area contributed by atoms with Crippen LogP contribution >= 0.6 is 0 Å². The van der Waals surface area contributed by atoms with Crippen molar-refractivity contribution in [3.8, 4) is 0 Å². The summed E-state index contributed by atoms with van der Waals surface area (Å²) in [6, 6.07) is 4.89. The summed E-state index contributed by atoms with van der Waals surface area (Å²) in [4.78, 5) is 4.61. The summed E-state index contributed by atoms with van der Waals surface area (Å²) in [6.07, 6.45) is 2.06. The van der Waals surface area contributed by atoms with E-state index in [0.29, 0.717) is 5.92 Å². The lowest BCUT2D eigenvalue weighted by molar-refractivity contribution is 0.337. The highest BCUT2D eigenvalue weighted by atomic mass is 19.1. The molecule has 1 fully saturated rings. The Morgan fingerprint density at radius 2 is 2.28 bits per heavy atom. The molecule has 0 aliphatic carbocycles. The lowest BCUT2D eigenvalue weighted by atomic mass is 9.99. The van der Waals surface area contributed by atoms with Crippen molar-refractivity contribution in [3.63, 3.8) is 0 Å². The van der Waals surface area contributed by atoms with Crippen LogP contribution in [0, 0.1) is 11.7 Å². The fraction of sp³-hybridized carbons (Fsp3) is 0.500. The van der Waals surface area contributed by atoms with Crippen LogP contribution in [0.2, 0.25) is 0 Å². The van der Waals surface area contributed by atoms with Gasteiger partial charge in [-0.1, -0.05) is 6.92 Å². The molecule has 96 valence electrons. The van der Waals surface area contributed by atoms with E-state index in [2.05, 4.69) is 21.8 Å². The van der Waals surface area contributed by atoms with Gasteiger partial charge in [0.1, 0.15) is 11.6 Å². The molecular formula is C14H18FN3. The molecule has 1 aromatic carbocycles. The van der Waals surface area contributed by atoms with E-state index in [-0.39, 0.29) is 5.82 Å². The van der Waals surface area contributed by atoms with Crippen LogP contribution < -0.4 is 5.32 Å². The van der Waals surface area contributed by atoms with Crippen molar-refractivity contribution in [2.24, 2.45) is 5.92 Å². The summed E-state index contributed by atoms with van der Waals surface area (Å²) in [6.45, 7) is 5.26. The van der Waals surface area contributed by atoms with Gasteiger partial charge in [0, 0.05) is 19.0 Å². The summed E-state index contributed by atoms with van der Waals surface area (Å²) in [5, 5.41) is 3.28. The minimum absolute atomic E-state index is 0.208. The molecular weight excluding hydrogens is 229 g/mol. The Balaban J connectivity index is 2.01. The van der Waals surface area contributed by atoms with E-state index in [1.54, 1.807) is 0 Å². The summed E-state index contributed by atoms with van der Waals surface area (Å²) in [5.74, 6) is 1.58. The van der Waals surface area contributed by atoms with Crippen LogP contribution in [0.15, 0.2) is 18.2 Å². The van der Waals surface area contributed by atoms with Crippen LogP contribution in [0.4, 0.5) is 4.39 Å². The Morgan fingerprint density at radius 1 is 1.44 bits per heavy atom. The second kappa shape index (κ2) is 4.69. The van der Waals surface area contributed by atoms with Gasteiger partial charge < -0.3 is 9.88 Å². The van der Waals surface area contributed by atoms with Crippen molar-refractivity contribution < 1.29 is 4.39 Å². The average Bonchev–Trinajstić information content (AvgIpc) is 2.62. The van der Waals surface area contributed by atoms with Crippen molar-refractivity contribution in [2.75, 3.05) is 13.1 Å². The molecule has 1 aliphatic rings. The first-order chi connectivity index (χ1) is 8.78. The Hall–Kier alpha value is -1.42. The topological polar surface area (TPSA) is 29.9 Å². The number of halogens is 1. The second-order valence-electron chi connectivity index (χ2n) is 5.04. The smallest absolute Gasteiger partial charge is 0.125 e. The van der Waals surface area contributed by atoms with Gasteiger partial charge in [0.05, 0.1) is 11.0 Å². The second-order valence-corrected chi connectivity index (χ2v) is 5.04. The molecule has 0 atom stereocenters. The molecule has 3 nitrogen and oxygen atoms in total. The zero-order valence-electron chi connectivity index (χ0n) is 10.6. The zero-order valence-corrected chi connectivity index (χ0v) is 10.6. The highest BCUT2D eigenvalue weighted by Gasteiger charge is 2.20. The number of hydrogen-bond acceptors (Lipinski definition) is 2. The molecule has 2 heterocycles. The number of hydrogen-bond donors (Lipinski definition) is 1. The fourth-order valence-corrected chi connectivity index (χ4v) is 2.53. The molecule has 1 saturated heterocycles. The van der Waals surface area contributed by atoms with Crippen LogP contribution in [0.1, 0.15) is 19.2 Å². The van der Waals surface area contributed by atoms with E-state index in [1.165, 1.54) is 12.1 Å². The molecule has 2 aromatic rings. The monoisotopic (exact) mass is 247 g/mol. The van der Waals surface area contributed by atoms with Crippen molar-refractivity contribution in [2.45, 2.75) is 26.3 Å². The van der Waals surface area contributed by atoms with Crippen molar-refractivity contribution in [3.05, 3.63) is 29.8 Å². The third-order valence-corrected chi connectivity index (χ3v) is 3.57. The van der Waals surface area contributed by atoms with E-state index in [4.69, 9.17) is 0 Å². The molecule has 0 unspecified atom stereocenters. The van der Waals surface area contributed by atoms with E-state index >= 15 is 0 Å². The number of fused-ring (bicyclic) bond motifs is 1. The van der Waals surface area contributed by atoms with Gasteiger partial charge in [-0.25, -0.2) is 9.37 Å². The van der Waals surface area contributed by atoms with E-state index in [0.717, 1.165) is 49.3 Å². The van der Waals surface area contributed by atoms with Crippen molar-refractivity contribution >= 4 is 11.0 Å². The van der Waals surface area contributed by atoms with E-state index in [1.807, 2.05) is 6.07 Å². The summed E-state index contributed by atoms with van der Waals surface area (Å²) < 4.78 is 15.5. The van der Waals surface area contributed by atoms with E-state index < -0.39 is 0 Å². The molecule has 18 heavy (non-hydrogen) atoms. The van der Waals surface area contributed by atoms with Crippen LogP contribution in [-0.2, 0) is 13.0 Å². The predicted molar refractivity (Wildman–Crippen MR) is 70.0 cm³/mol. The summed E-state index contributed by atoms with van der Waals surface area (Å²) in [7, 11) is 0. The van der Waals surface area contributed by atoms with Crippen molar-refractivity contribution in [1.82, 2.24) is 14.9 Å². The molecule has 0 radical (unpaired) electrons. The third kappa shape index (κ3) is 2.01. The van der Waals surface area contributed by atoms with Crippen LogP contribution in [0.5, 0.6) is 0 Å². The van der Waals surface area contributed by atoms with Crippen LogP contribution in [0.3, 0.4) is 0 Å². The zero-order chi connectivity index (χ0) is 12.5. The highest BCUT2D eigenvalue weighted by molar-refractivity contribution is 5.76. The standard InChI is InChI=1S/C14H18FN3/c1-2-5-18-13-4-3-11(15)7-12(13)17-14(18)6-10-8-16-9-10/h3-4,7,10,16H,2,5-6,8-9H2,1H3. The van der Waals surface area contributed by atoms with Gasteiger partial charge in [0.15, 0.2) is 0 Å². The molecule has 0 amide bonds. The molecule has 1 aromatic heterocycles. The van der Waals surface area contributed by atoms with Crippen LogP contribution in [-0.4, -0.2) is 22.6 Å². The molecule has 1 aliphatic heterocycles. The number of aromatic nitrogens is 2. The lowest BCUT2D eigenvalue weighted by Crippen LogP contribution is -2.43. The number of benzene rings is 1. The van der Waals surface area contributed by atoms with Gasteiger partial charge in [-0.05, 0) is 37.6 Å². The van der Waals surface area contributed by atoms with Gasteiger partial charge in [-0.2, -0.15) is 0 Å². The molecule has 1 N–H and O–H groups in total. The maximum Gasteiger partial charge on any atom is 0.125 e. The average molecular weight is 247 g/mol. The third-order valence-electron chi connectivity index (χ3n) is 3.57. The van der Waals surface area contributed by atoms with Gasteiger partial charge in [-0.15, -0.1) is 0 Å². The molecule has 0 saturated carbocycles. The minimum atomic E-state index is -0.208. The largest absolute Gasteiger partial charge is 0.328 e. The quantitative estimate of drug-likeness (QED) is 0.898. The first-order valence-corrected chi connectivity index (χ1v) is 6.63. The number of nitrogens with one attached hydrogen (secondary N) is 1. The fourth-order valence-electron chi connectivity index (χ4n) is 2.53. The van der Waals surface area contributed by atoms with Crippen LogP contribution in [0.25, 0.3) is 11.0 Å². The van der Waals surface area contributed by atoms with Crippen molar-refractivity contribution in [1.29, 1.82) is 0 Å². The summed E-state index contributed by atoms with van der Waals surface area (Å²) in [5.41, 5.74) is 1.84. The van der Waals surface area contributed by atoms with Gasteiger partial charge >= 0.3 is 0 Å². The SMILES string of the molecule is CCCn1c(CC2CNC2)nc2cc(F)ccc21. The normalized spacial score (nSPS) is 16.1. The summed E-state index contributed by atoms with van der Waals surface area (Å²) >= 11 is 0. The van der Waals surface area contributed by atoms with E-state index in [9.17, 15) is 4.39 Å². The minimum Gasteiger partial charge on any atom is -0.328 e. The molecule has 3 rings (SSSR count). The molecule has 4 heteroatoms. The number of rotatable bonds is 4. The van der Waals surface area contributed by atoms with Gasteiger partial charge in [-0.3, -0.25) is 0 Å². The van der Waals surface area contributed by atoms with Gasteiger partial charge in [0.2, 0.25) is 0 Å². The maximum atomic E-state index is 13.2. The Bertz CT molecular complexity index is 557. The lowest BCUT2D eigenvalue weighted by Gasteiger charge is -2.26. The Labute approximate surface area is 106 Å². The maximum absolute atomic E-state index is 13.2. The first kappa shape index (κ1) is 11.7. The number of nitrogens with zero attached hydrogens (tertiary/aromatic N) is 2. The number of aryl methyl sites for hydroxylation is 1. The Kier molecular flexibility index (Phi) is 3.04. The predicted octanol–water partition coefficient (Wildman–Crippen LogP) is 2.35. The molecule has 0 spiro atoms. The molecule has 0 bridgehead atoms. The van der Waals surface area contributed by atoms with Gasteiger partial charge in [0.25, 0.3) is 0 Å².